The third kappa shape index (κ3) is 4.20. The molecule has 0 spiro atoms. The highest BCUT2D eigenvalue weighted by atomic mass is 32.2. The zero-order chi connectivity index (χ0) is 19.6. The third-order valence-corrected chi connectivity index (χ3v) is 4.92. The maximum absolute atomic E-state index is 12.0. The Morgan fingerprint density at radius 1 is 1.11 bits per heavy atom. The lowest BCUT2D eigenvalue weighted by Gasteiger charge is -2.12. The number of benzene rings is 2. The zero-order valence-electron chi connectivity index (χ0n) is 15.2. The molecule has 6 nitrogen and oxygen atoms in total. The van der Waals surface area contributed by atoms with E-state index in [1.165, 1.54) is 18.9 Å². The van der Waals surface area contributed by atoms with E-state index in [0.29, 0.717) is 16.3 Å². The second kappa shape index (κ2) is 7.67. The summed E-state index contributed by atoms with van der Waals surface area (Å²) in [6.07, 6.45) is 0. The van der Waals surface area contributed by atoms with Crippen molar-refractivity contribution >= 4 is 23.7 Å². The molecule has 7 heteroatoms. The molecule has 0 radical (unpaired) electrons. The van der Waals surface area contributed by atoms with Gasteiger partial charge < -0.3 is 15.6 Å². The van der Waals surface area contributed by atoms with Crippen molar-refractivity contribution in [3.05, 3.63) is 59.2 Å². The molecular formula is C20H19N3O3S. The fourth-order valence-corrected chi connectivity index (χ4v) is 3.64. The van der Waals surface area contributed by atoms with Gasteiger partial charge in [-0.25, -0.2) is 14.8 Å². The first-order valence-electron chi connectivity index (χ1n) is 8.18. The number of carbonyl (C=O) groups excluding carboxylic acids is 1. The number of rotatable bonds is 4. The highest BCUT2D eigenvalue weighted by Crippen LogP contribution is 2.32. The number of anilines is 1. The molecule has 0 amide bonds. The van der Waals surface area contributed by atoms with Gasteiger partial charge in [-0.05, 0) is 55.3 Å². The smallest absolute Gasteiger partial charge is 0.338 e. The quantitative estimate of drug-likeness (QED) is 0.521. The van der Waals surface area contributed by atoms with Gasteiger partial charge in [0.2, 0.25) is 5.95 Å². The second-order valence-electron chi connectivity index (χ2n) is 6.02. The molecule has 0 bridgehead atoms. The van der Waals surface area contributed by atoms with Gasteiger partial charge in [0, 0.05) is 10.5 Å². The third-order valence-electron chi connectivity index (χ3n) is 4.01. The Morgan fingerprint density at radius 2 is 1.89 bits per heavy atom. The summed E-state index contributed by atoms with van der Waals surface area (Å²) in [5.41, 5.74) is 9.59. The van der Waals surface area contributed by atoms with Crippen molar-refractivity contribution in [2.45, 2.75) is 23.8 Å². The standard InChI is InChI=1S/C20H19N3O3S/c1-11-7-12(2)16(19(25)26-3)9-15(11)17-10-18(23-20(21)22-17)27-14-6-4-5-13(24)8-14/h4-10,24H,1-3H3,(H2,21,22,23). The molecule has 2 aromatic carbocycles. The van der Waals surface area contributed by atoms with Crippen LogP contribution >= 0.6 is 11.8 Å². The number of aromatic nitrogens is 2. The number of nitrogens with two attached hydrogens (primary N) is 1. The average Bonchev–Trinajstić information content (AvgIpc) is 2.60. The minimum atomic E-state index is -0.398. The molecule has 0 saturated carbocycles. The van der Waals surface area contributed by atoms with E-state index in [1.54, 1.807) is 24.3 Å². The Labute approximate surface area is 161 Å². The van der Waals surface area contributed by atoms with Gasteiger partial charge in [-0.3, -0.25) is 0 Å². The number of aromatic hydroxyl groups is 1. The number of ether oxygens (including phenoxy) is 1. The molecule has 1 heterocycles. The molecule has 0 unspecified atom stereocenters. The predicted molar refractivity (Wildman–Crippen MR) is 105 cm³/mol. The summed E-state index contributed by atoms with van der Waals surface area (Å²) in [5, 5.41) is 10.3. The summed E-state index contributed by atoms with van der Waals surface area (Å²) in [5.74, 6) is -0.0840. The number of esters is 1. The number of methoxy groups -OCH3 is 1. The number of hydrogen-bond acceptors (Lipinski definition) is 7. The Morgan fingerprint density at radius 3 is 2.59 bits per heavy atom. The predicted octanol–water partition coefficient (Wildman–Crippen LogP) is 3.99. The summed E-state index contributed by atoms with van der Waals surface area (Å²) in [7, 11) is 1.36. The maximum Gasteiger partial charge on any atom is 0.338 e. The fraction of sp³-hybridized carbons (Fsp3) is 0.150. The van der Waals surface area contributed by atoms with Crippen LogP contribution in [0.4, 0.5) is 5.95 Å². The van der Waals surface area contributed by atoms with Gasteiger partial charge in [-0.2, -0.15) is 0 Å². The number of carbonyl (C=O) groups is 1. The molecule has 0 aliphatic rings. The minimum absolute atomic E-state index is 0.134. The Kier molecular flexibility index (Phi) is 5.32. The van der Waals surface area contributed by atoms with E-state index >= 15 is 0 Å². The van der Waals surface area contributed by atoms with Gasteiger partial charge in [0.05, 0.1) is 18.4 Å². The molecule has 3 N–H and O–H groups in total. The molecule has 3 aromatic rings. The molecule has 0 saturated heterocycles. The summed E-state index contributed by atoms with van der Waals surface area (Å²) < 4.78 is 4.86. The van der Waals surface area contributed by atoms with E-state index in [1.807, 2.05) is 32.0 Å². The van der Waals surface area contributed by atoms with Crippen LogP contribution < -0.4 is 5.73 Å². The number of nitrogens with zero attached hydrogens (tertiary/aromatic N) is 2. The van der Waals surface area contributed by atoms with Crippen LogP contribution in [0.25, 0.3) is 11.3 Å². The molecule has 0 aliphatic heterocycles. The topological polar surface area (TPSA) is 98.3 Å². The van der Waals surface area contributed by atoms with Crippen molar-refractivity contribution in [1.29, 1.82) is 0 Å². The molecule has 3 rings (SSSR count). The van der Waals surface area contributed by atoms with Gasteiger partial charge in [-0.1, -0.05) is 23.9 Å². The lowest BCUT2D eigenvalue weighted by Crippen LogP contribution is -2.06. The Bertz CT molecular complexity index is 1020. The SMILES string of the molecule is COC(=O)c1cc(-c2cc(Sc3cccc(O)c3)nc(N)n2)c(C)cc1C. The summed E-state index contributed by atoms with van der Waals surface area (Å²) in [6, 6.07) is 12.4. The zero-order valence-corrected chi connectivity index (χ0v) is 16.0. The minimum Gasteiger partial charge on any atom is -0.508 e. The van der Waals surface area contributed by atoms with E-state index in [4.69, 9.17) is 10.5 Å². The van der Waals surface area contributed by atoms with Crippen LogP contribution in [0.5, 0.6) is 5.75 Å². The van der Waals surface area contributed by atoms with E-state index in [0.717, 1.165) is 21.6 Å². The van der Waals surface area contributed by atoms with E-state index in [9.17, 15) is 9.90 Å². The summed E-state index contributed by atoms with van der Waals surface area (Å²) >= 11 is 1.37. The highest BCUT2D eigenvalue weighted by molar-refractivity contribution is 7.99. The van der Waals surface area contributed by atoms with Crippen LogP contribution in [0.2, 0.25) is 0 Å². The number of aryl methyl sites for hydroxylation is 2. The number of phenols is 1. The van der Waals surface area contributed by atoms with Gasteiger partial charge >= 0.3 is 5.97 Å². The second-order valence-corrected chi connectivity index (χ2v) is 7.12. The Balaban J connectivity index is 2.05. The lowest BCUT2D eigenvalue weighted by atomic mass is 9.98. The van der Waals surface area contributed by atoms with Crippen molar-refractivity contribution in [3.8, 4) is 17.0 Å². The van der Waals surface area contributed by atoms with Gasteiger partial charge in [-0.15, -0.1) is 0 Å². The molecule has 27 heavy (non-hydrogen) atoms. The van der Waals surface area contributed by atoms with Crippen LogP contribution in [0.15, 0.2) is 52.4 Å². The van der Waals surface area contributed by atoms with Crippen molar-refractivity contribution < 1.29 is 14.6 Å². The van der Waals surface area contributed by atoms with E-state index < -0.39 is 5.97 Å². The van der Waals surface area contributed by atoms with Crippen molar-refractivity contribution in [1.82, 2.24) is 9.97 Å². The van der Waals surface area contributed by atoms with Crippen molar-refractivity contribution in [3.63, 3.8) is 0 Å². The lowest BCUT2D eigenvalue weighted by molar-refractivity contribution is 0.0600. The first-order chi connectivity index (χ1) is 12.9. The van der Waals surface area contributed by atoms with Gasteiger partial charge in [0.1, 0.15) is 10.8 Å². The molecule has 0 fully saturated rings. The van der Waals surface area contributed by atoms with Crippen LogP contribution in [0, 0.1) is 13.8 Å². The first-order valence-corrected chi connectivity index (χ1v) is 9.00. The van der Waals surface area contributed by atoms with Crippen LogP contribution in [0.3, 0.4) is 0 Å². The highest BCUT2D eigenvalue weighted by Gasteiger charge is 2.15. The Hall–Kier alpha value is -3.06. The van der Waals surface area contributed by atoms with E-state index in [-0.39, 0.29) is 11.7 Å². The summed E-state index contributed by atoms with van der Waals surface area (Å²) in [4.78, 5) is 21.5. The molecule has 1 aromatic heterocycles. The van der Waals surface area contributed by atoms with Crippen LogP contribution in [-0.2, 0) is 4.74 Å². The van der Waals surface area contributed by atoms with Crippen LogP contribution in [-0.4, -0.2) is 28.2 Å². The largest absolute Gasteiger partial charge is 0.508 e. The molecule has 0 aliphatic carbocycles. The maximum atomic E-state index is 12.0. The average molecular weight is 381 g/mol. The monoisotopic (exact) mass is 381 g/mol. The van der Waals surface area contributed by atoms with Gasteiger partial charge in [0.15, 0.2) is 0 Å². The normalized spacial score (nSPS) is 10.6. The molecule has 0 atom stereocenters. The summed E-state index contributed by atoms with van der Waals surface area (Å²) in [6.45, 7) is 3.81. The molecule has 138 valence electrons. The van der Waals surface area contributed by atoms with Crippen molar-refractivity contribution in [2.75, 3.05) is 12.8 Å². The van der Waals surface area contributed by atoms with Gasteiger partial charge in [0.25, 0.3) is 0 Å². The molecular weight excluding hydrogens is 362 g/mol. The van der Waals surface area contributed by atoms with Crippen molar-refractivity contribution in [2.24, 2.45) is 0 Å². The number of hydrogen-bond donors (Lipinski definition) is 2. The van der Waals surface area contributed by atoms with E-state index in [2.05, 4.69) is 9.97 Å². The number of nitrogen functional groups attached to an aromatic ring is 1. The first kappa shape index (κ1) is 18.7. The fourth-order valence-electron chi connectivity index (χ4n) is 2.76. The van der Waals surface area contributed by atoms with Crippen LogP contribution in [0.1, 0.15) is 21.5 Å². The number of phenolic OH excluding ortho intramolecular Hbond substituents is 1.